The fourth-order valence-corrected chi connectivity index (χ4v) is 1.88. The number of halogens is 3. The lowest BCUT2D eigenvalue weighted by Crippen LogP contribution is -2.05. The van der Waals surface area contributed by atoms with E-state index in [4.69, 9.17) is 11.6 Å². The Morgan fingerprint density at radius 1 is 1.36 bits per heavy atom. The van der Waals surface area contributed by atoms with Gasteiger partial charge in [0.25, 0.3) is 5.69 Å². The fraction of sp³-hybridized carbons (Fsp3) is 0.154. The quantitative estimate of drug-likeness (QED) is 0.643. The number of hydrogen-bond acceptors (Lipinski definition) is 5. The second-order valence-corrected chi connectivity index (χ2v) is 4.55. The van der Waals surface area contributed by atoms with Crippen molar-refractivity contribution >= 4 is 23.0 Å². The van der Waals surface area contributed by atoms with E-state index in [1.807, 2.05) is 0 Å². The molecule has 0 atom stereocenters. The van der Waals surface area contributed by atoms with Crippen LogP contribution in [0.15, 0.2) is 36.5 Å². The molecule has 0 unspecified atom stereocenters. The lowest BCUT2D eigenvalue weighted by Gasteiger charge is -2.08. The zero-order valence-corrected chi connectivity index (χ0v) is 11.8. The monoisotopic (exact) mass is 329 g/mol. The molecule has 0 saturated carbocycles. The summed E-state index contributed by atoms with van der Waals surface area (Å²) in [7, 11) is 0. The minimum Gasteiger partial charge on any atom is -0.433 e. The third-order valence-corrected chi connectivity index (χ3v) is 2.96. The molecule has 6 nitrogen and oxygen atoms in total. The molecule has 1 aromatic carbocycles. The van der Waals surface area contributed by atoms with Crippen LogP contribution < -0.4 is 10.1 Å². The molecular weight excluding hydrogens is 320 g/mol. The van der Waals surface area contributed by atoms with Crippen LogP contribution in [0, 0.1) is 10.1 Å². The molecule has 0 aliphatic heterocycles. The van der Waals surface area contributed by atoms with E-state index < -0.39 is 11.5 Å². The number of nitro groups is 1. The third-order valence-electron chi connectivity index (χ3n) is 2.65. The molecule has 1 N–H and O–H groups in total. The highest BCUT2D eigenvalue weighted by atomic mass is 35.5. The van der Waals surface area contributed by atoms with Gasteiger partial charge in [-0.1, -0.05) is 11.6 Å². The van der Waals surface area contributed by atoms with Crippen molar-refractivity contribution in [3.05, 3.63) is 57.4 Å². The molecule has 0 amide bonds. The molecule has 2 aromatic rings. The highest BCUT2D eigenvalue weighted by Crippen LogP contribution is 2.27. The minimum atomic E-state index is -2.90. The lowest BCUT2D eigenvalue weighted by molar-refractivity contribution is -0.384. The molecule has 9 heteroatoms. The van der Waals surface area contributed by atoms with E-state index in [9.17, 15) is 18.9 Å². The number of nitrogens with one attached hydrogen (secondary N) is 1. The van der Waals surface area contributed by atoms with Gasteiger partial charge >= 0.3 is 6.61 Å². The summed E-state index contributed by atoms with van der Waals surface area (Å²) in [5, 5.41) is 13.8. The van der Waals surface area contributed by atoms with Crippen LogP contribution in [0.25, 0.3) is 0 Å². The van der Waals surface area contributed by atoms with Gasteiger partial charge in [0, 0.05) is 12.1 Å². The van der Waals surface area contributed by atoms with Crippen molar-refractivity contribution < 1.29 is 18.4 Å². The van der Waals surface area contributed by atoms with E-state index in [-0.39, 0.29) is 23.0 Å². The first-order valence-electron chi connectivity index (χ1n) is 6.03. The zero-order chi connectivity index (χ0) is 16.1. The average Bonchev–Trinajstić information content (AvgIpc) is 2.46. The van der Waals surface area contributed by atoms with Gasteiger partial charge in [0.05, 0.1) is 34.1 Å². The van der Waals surface area contributed by atoms with Crippen molar-refractivity contribution in [2.45, 2.75) is 13.2 Å². The number of non-ortho nitro benzene ring substituents is 1. The summed E-state index contributed by atoms with van der Waals surface area (Å²) in [5.41, 5.74) is 0.959. The molecule has 0 spiro atoms. The van der Waals surface area contributed by atoms with Crippen LogP contribution >= 0.6 is 11.6 Å². The highest BCUT2D eigenvalue weighted by Gasteiger charge is 2.09. The Hall–Kier alpha value is -2.48. The molecule has 0 saturated heterocycles. The Morgan fingerprint density at radius 2 is 2.14 bits per heavy atom. The Balaban J connectivity index is 1.99. The minimum absolute atomic E-state index is 0.0351. The highest BCUT2D eigenvalue weighted by molar-refractivity contribution is 6.33. The normalized spacial score (nSPS) is 10.5. The number of hydrogen-bond donors (Lipinski definition) is 1. The number of alkyl halides is 2. The summed E-state index contributed by atoms with van der Waals surface area (Å²) < 4.78 is 28.2. The van der Waals surface area contributed by atoms with Gasteiger partial charge in [-0.2, -0.15) is 8.78 Å². The largest absolute Gasteiger partial charge is 0.433 e. The number of aromatic nitrogens is 1. The van der Waals surface area contributed by atoms with Crippen LogP contribution in [-0.2, 0) is 6.54 Å². The van der Waals surface area contributed by atoms with Crippen molar-refractivity contribution in [1.82, 2.24) is 4.98 Å². The second-order valence-electron chi connectivity index (χ2n) is 4.14. The van der Waals surface area contributed by atoms with E-state index in [1.165, 1.54) is 36.5 Å². The predicted octanol–water partition coefficient (Wildman–Crippen LogP) is 3.86. The first kappa shape index (κ1) is 15.9. The van der Waals surface area contributed by atoms with Crippen LogP contribution in [0.4, 0.5) is 20.2 Å². The number of anilines is 1. The maximum atomic E-state index is 12.0. The van der Waals surface area contributed by atoms with Gasteiger partial charge in [0.15, 0.2) is 0 Å². The Morgan fingerprint density at radius 3 is 2.68 bits per heavy atom. The summed E-state index contributed by atoms with van der Waals surface area (Å²) >= 11 is 5.93. The van der Waals surface area contributed by atoms with Gasteiger partial charge in [-0.05, 0) is 18.2 Å². The summed E-state index contributed by atoms with van der Waals surface area (Å²) in [6.45, 7) is -2.63. The van der Waals surface area contributed by atoms with Crippen molar-refractivity contribution in [3.8, 4) is 5.75 Å². The summed E-state index contributed by atoms with van der Waals surface area (Å²) in [6, 6.07) is 6.92. The SMILES string of the molecule is O=[N+]([O-])c1ccc(NCc2ccc(OC(F)F)cn2)c(Cl)c1. The molecule has 1 aromatic heterocycles. The number of rotatable bonds is 6. The smallest absolute Gasteiger partial charge is 0.387 e. The zero-order valence-electron chi connectivity index (χ0n) is 11.0. The maximum absolute atomic E-state index is 12.0. The van der Waals surface area contributed by atoms with Gasteiger partial charge in [0.2, 0.25) is 0 Å². The number of nitrogens with zero attached hydrogens (tertiary/aromatic N) is 2. The van der Waals surface area contributed by atoms with Crippen LogP contribution in [0.3, 0.4) is 0 Å². The number of ether oxygens (including phenoxy) is 1. The lowest BCUT2D eigenvalue weighted by atomic mass is 10.2. The van der Waals surface area contributed by atoms with Crippen molar-refractivity contribution in [2.24, 2.45) is 0 Å². The first-order chi connectivity index (χ1) is 10.5. The molecule has 2 rings (SSSR count). The predicted molar refractivity (Wildman–Crippen MR) is 76.3 cm³/mol. The second kappa shape index (κ2) is 6.99. The van der Waals surface area contributed by atoms with Crippen LogP contribution in [0.2, 0.25) is 5.02 Å². The van der Waals surface area contributed by atoms with Crippen molar-refractivity contribution in [2.75, 3.05) is 5.32 Å². The molecule has 22 heavy (non-hydrogen) atoms. The van der Waals surface area contributed by atoms with Crippen molar-refractivity contribution in [3.63, 3.8) is 0 Å². The molecule has 0 radical (unpaired) electrons. The fourth-order valence-electron chi connectivity index (χ4n) is 1.63. The standard InChI is InChI=1S/C13H10ClF2N3O3/c14-11-5-9(19(20)21)2-4-12(11)18-6-8-1-3-10(7-17-8)22-13(15)16/h1-5,7,13,18H,6H2. The van der Waals surface area contributed by atoms with Gasteiger partial charge < -0.3 is 10.1 Å². The van der Waals surface area contributed by atoms with E-state index >= 15 is 0 Å². The van der Waals surface area contributed by atoms with Crippen LogP contribution in [0.1, 0.15) is 5.69 Å². The topological polar surface area (TPSA) is 77.3 Å². The number of nitro benzene ring substituents is 1. The van der Waals surface area contributed by atoms with Gasteiger partial charge in [-0.15, -0.1) is 0 Å². The molecular formula is C13H10ClF2N3O3. The van der Waals surface area contributed by atoms with E-state index in [0.29, 0.717) is 11.4 Å². The summed E-state index contributed by atoms with van der Waals surface area (Å²) in [5.74, 6) is -0.0351. The Labute approximate surface area is 128 Å². The third kappa shape index (κ3) is 4.26. The molecule has 0 fully saturated rings. The first-order valence-corrected chi connectivity index (χ1v) is 6.41. The number of benzene rings is 1. The van der Waals surface area contributed by atoms with Crippen molar-refractivity contribution in [1.29, 1.82) is 0 Å². The van der Waals surface area contributed by atoms with Crippen LogP contribution in [0.5, 0.6) is 5.75 Å². The molecule has 0 aliphatic carbocycles. The van der Waals surface area contributed by atoms with Gasteiger partial charge in [0.1, 0.15) is 5.75 Å². The number of pyridine rings is 1. The Kier molecular flexibility index (Phi) is 5.05. The molecule has 0 bridgehead atoms. The molecule has 0 aliphatic rings. The summed E-state index contributed by atoms with van der Waals surface area (Å²) in [6.07, 6.45) is 1.18. The van der Waals surface area contributed by atoms with E-state index in [2.05, 4.69) is 15.0 Å². The van der Waals surface area contributed by atoms with E-state index in [0.717, 1.165) is 0 Å². The average molecular weight is 330 g/mol. The van der Waals surface area contributed by atoms with Gasteiger partial charge in [-0.3, -0.25) is 15.1 Å². The van der Waals surface area contributed by atoms with Crippen LogP contribution in [-0.4, -0.2) is 16.5 Å². The summed E-state index contributed by atoms with van der Waals surface area (Å²) in [4.78, 5) is 14.0. The molecule has 1 heterocycles. The van der Waals surface area contributed by atoms with E-state index in [1.54, 1.807) is 0 Å². The molecule has 116 valence electrons. The maximum Gasteiger partial charge on any atom is 0.387 e. The Bertz CT molecular complexity index is 668. The van der Waals surface area contributed by atoms with Gasteiger partial charge in [-0.25, -0.2) is 0 Å².